The van der Waals surface area contributed by atoms with Gasteiger partial charge in [0.15, 0.2) is 5.96 Å². The van der Waals surface area contributed by atoms with E-state index in [1.54, 1.807) is 7.11 Å². The summed E-state index contributed by atoms with van der Waals surface area (Å²) in [5.41, 5.74) is 3.79. The molecule has 0 atom stereocenters. The molecule has 0 unspecified atom stereocenters. The number of likely N-dealkylation sites (tertiary alicyclic amines) is 1. The van der Waals surface area contributed by atoms with E-state index in [4.69, 9.17) is 14.5 Å². The Bertz CT molecular complexity index is 784. The van der Waals surface area contributed by atoms with Gasteiger partial charge in [0.2, 0.25) is 0 Å². The minimum atomic E-state index is 0.557. The quantitative estimate of drug-likeness (QED) is 0.328. The third-order valence-corrected chi connectivity index (χ3v) is 5.33. The van der Waals surface area contributed by atoms with Gasteiger partial charge in [-0.1, -0.05) is 36.4 Å². The number of guanidine groups is 1. The summed E-state index contributed by atoms with van der Waals surface area (Å²) in [6, 6.07) is 17.0. The molecule has 0 amide bonds. The van der Waals surface area contributed by atoms with E-state index in [9.17, 15) is 0 Å². The second kappa shape index (κ2) is 13.0. The van der Waals surface area contributed by atoms with Crippen LogP contribution >= 0.6 is 0 Å². The Morgan fingerprint density at radius 3 is 2.26 bits per heavy atom. The first-order valence-corrected chi connectivity index (χ1v) is 11.3. The summed E-state index contributed by atoms with van der Waals surface area (Å²) in [5.74, 6) is 1.67. The van der Waals surface area contributed by atoms with Crippen LogP contribution in [0, 0.1) is 0 Å². The molecular weight excluding hydrogens is 388 g/mol. The van der Waals surface area contributed by atoms with Gasteiger partial charge in [-0.15, -0.1) is 0 Å². The highest BCUT2D eigenvalue weighted by atomic mass is 16.5. The van der Waals surface area contributed by atoms with E-state index < -0.39 is 0 Å². The van der Waals surface area contributed by atoms with Crippen LogP contribution in [0.25, 0.3) is 0 Å². The first-order valence-electron chi connectivity index (χ1n) is 11.3. The van der Waals surface area contributed by atoms with Crippen LogP contribution in [0.5, 0.6) is 5.75 Å². The molecule has 0 spiro atoms. The lowest BCUT2D eigenvalue weighted by Gasteiger charge is -2.15. The number of rotatable bonds is 11. The molecule has 1 saturated heterocycles. The number of hydrogen-bond donors (Lipinski definition) is 2. The molecule has 0 aromatic heterocycles. The van der Waals surface area contributed by atoms with Crippen molar-refractivity contribution in [3.63, 3.8) is 0 Å². The van der Waals surface area contributed by atoms with E-state index in [0.29, 0.717) is 19.8 Å². The molecule has 1 heterocycles. The second-order valence-electron chi connectivity index (χ2n) is 7.83. The molecule has 6 nitrogen and oxygen atoms in total. The molecule has 6 heteroatoms. The summed E-state index contributed by atoms with van der Waals surface area (Å²) in [6.07, 6.45) is 2.67. The fourth-order valence-corrected chi connectivity index (χ4v) is 3.59. The number of methoxy groups -OCH3 is 1. The van der Waals surface area contributed by atoms with Gasteiger partial charge in [-0.25, -0.2) is 4.99 Å². The molecule has 1 aliphatic heterocycles. The minimum absolute atomic E-state index is 0.557. The predicted molar refractivity (Wildman–Crippen MR) is 126 cm³/mol. The SMILES string of the molecule is CCNC(=NCc1ccc(OCCOC)cc1)NCc1ccc(CN2CCCC2)cc1. The Labute approximate surface area is 186 Å². The van der Waals surface area contributed by atoms with Crippen LogP contribution in [0.15, 0.2) is 53.5 Å². The van der Waals surface area contributed by atoms with Gasteiger partial charge in [-0.3, -0.25) is 4.90 Å². The van der Waals surface area contributed by atoms with Gasteiger partial charge in [-0.2, -0.15) is 0 Å². The molecule has 1 aliphatic rings. The number of hydrogen-bond acceptors (Lipinski definition) is 4. The topological polar surface area (TPSA) is 58.1 Å². The Balaban J connectivity index is 1.47. The molecule has 2 aromatic carbocycles. The smallest absolute Gasteiger partial charge is 0.191 e. The zero-order chi connectivity index (χ0) is 21.7. The van der Waals surface area contributed by atoms with Crippen LogP contribution < -0.4 is 15.4 Å². The van der Waals surface area contributed by atoms with Crippen molar-refractivity contribution < 1.29 is 9.47 Å². The third-order valence-electron chi connectivity index (χ3n) is 5.33. The maximum Gasteiger partial charge on any atom is 0.191 e. The third kappa shape index (κ3) is 8.23. The lowest BCUT2D eigenvalue weighted by atomic mass is 10.1. The van der Waals surface area contributed by atoms with Crippen LogP contribution in [0.2, 0.25) is 0 Å². The van der Waals surface area contributed by atoms with E-state index in [1.807, 2.05) is 24.3 Å². The van der Waals surface area contributed by atoms with Crippen molar-refractivity contribution in [1.29, 1.82) is 0 Å². The summed E-state index contributed by atoms with van der Waals surface area (Å²) in [7, 11) is 1.67. The average molecular weight is 425 g/mol. The zero-order valence-corrected chi connectivity index (χ0v) is 18.9. The predicted octanol–water partition coefficient (Wildman–Crippen LogP) is 3.56. The molecule has 31 heavy (non-hydrogen) atoms. The summed E-state index contributed by atoms with van der Waals surface area (Å²) in [6.45, 7) is 8.94. The molecule has 2 N–H and O–H groups in total. The summed E-state index contributed by atoms with van der Waals surface area (Å²) < 4.78 is 10.6. The largest absolute Gasteiger partial charge is 0.491 e. The number of nitrogens with one attached hydrogen (secondary N) is 2. The van der Waals surface area contributed by atoms with Gasteiger partial charge in [-0.05, 0) is 61.7 Å². The van der Waals surface area contributed by atoms with Gasteiger partial charge in [0, 0.05) is 26.7 Å². The van der Waals surface area contributed by atoms with Gasteiger partial charge >= 0.3 is 0 Å². The van der Waals surface area contributed by atoms with Crippen LogP contribution in [0.1, 0.15) is 36.5 Å². The van der Waals surface area contributed by atoms with Gasteiger partial charge in [0.05, 0.1) is 13.2 Å². The molecule has 168 valence electrons. The molecular formula is C25H36N4O2. The molecule has 0 aliphatic carbocycles. The number of ether oxygens (including phenoxy) is 2. The van der Waals surface area contributed by atoms with Gasteiger partial charge in [0.1, 0.15) is 12.4 Å². The minimum Gasteiger partial charge on any atom is -0.491 e. The van der Waals surface area contributed by atoms with Gasteiger partial charge in [0.25, 0.3) is 0 Å². The van der Waals surface area contributed by atoms with Crippen LogP contribution in [-0.2, 0) is 24.4 Å². The van der Waals surface area contributed by atoms with Crippen molar-refractivity contribution in [2.75, 3.05) is 40.0 Å². The first kappa shape index (κ1) is 23.1. The summed E-state index contributed by atoms with van der Waals surface area (Å²) in [4.78, 5) is 7.25. The average Bonchev–Trinajstić information content (AvgIpc) is 3.31. The van der Waals surface area contributed by atoms with Crippen molar-refractivity contribution in [3.05, 3.63) is 65.2 Å². The summed E-state index contributed by atoms with van der Waals surface area (Å²) >= 11 is 0. The molecule has 3 rings (SSSR count). The van der Waals surface area contributed by atoms with Crippen molar-refractivity contribution in [3.8, 4) is 5.75 Å². The lowest BCUT2D eigenvalue weighted by molar-refractivity contribution is 0.146. The molecule has 1 fully saturated rings. The maximum absolute atomic E-state index is 5.61. The van der Waals surface area contributed by atoms with E-state index in [2.05, 4.69) is 46.7 Å². The van der Waals surface area contributed by atoms with Crippen molar-refractivity contribution >= 4 is 5.96 Å². The lowest BCUT2D eigenvalue weighted by Crippen LogP contribution is -2.36. The molecule has 0 saturated carbocycles. The number of nitrogens with zero attached hydrogens (tertiary/aromatic N) is 2. The highest BCUT2D eigenvalue weighted by Gasteiger charge is 2.11. The van der Waals surface area contributed by atoms with Crippen LogP contribution in [-0.4, -0.2) is 50.8 Å². The van der Waals surface area contributed by atoms with Crippen molar-refractivity contribution in [1.82, 2.24) is 15.5 Å². The fourth-order valence-electron chi connectivity index (χ4n) is 3.59. The second-order valence-corrected chi connectivity index (χ2v) is 7.83. The fraction of sp³-hybridized carbons (Fsp3) is 0.480. The Morgan fingerprint density at radius 2 is 1.58 bits per heavy atom. The molecule has 2 aromatic rings. The highest BCUT2D eigenvalue weighted by Crippen LogP contribution is 2.14. The van der Waals surface area contributed by atoms with E-state index in [1.165, 1.54) is 37.1 Å². The van der Waals surface area contributed by atoms with Crippen LogP contribution in [0.3, 0.4) is 0 Å². The Morgan fingerprint density at radius 1 is 0.903 bits per heavy atom. The molecule has 0 bridgehead atoms. The number of aliphatic imine (C=N–C) groups is 1. The monoisotopic (exact) mass is 424 g/mol. The molecule has 0 radical (unpaired) electrons. The van der Waals surface area contributed by atoms with E-state index >= 15 is 0 Å². The van der Waals surface area contributed by atoms with Crippen molar-refractivity contribution in [2.45, 2.75) is 39.4 Å². The van der Waals surface area contributed by atoms with E-state index in [-0.39, 0.29) is 0 Å². The first-order chi connectivity index (χ1) is 15.3. The summed E-state index contributed by atoms with van der Waals surface area (Å²) in [5, 5.41) is 6.76. The van der Waals surface area contributed by atoms with Crippen LogP contribution in [0.4, 0.5) is 0 Å². The standard InChI is InChI=1S/C25H36N4O2/c1-3-26-25(28-19-22-10-12-24(13-11-22)31-17-16-30-2)27-18-21-6-8-23(9-7-21)20-29-14-4-5-15-29/h6-13H,3-5,14-20H2,1-2H3,(H2,26,27,28). The maximum atomic E-state index is 5.61. The Hall–Kier alpha value is -2.57. The van der Waals surface area contributed by atoms with E-state index in [0.717, 1.165) is 36.9 Å². The highest BCUT2D eigenvalue weighted by molar-refractivity contribution is 5.79. The number of benzene rings is 2. The van der Waals surface area contributed by atoms with Crippen molar-refractivity contribution in [2.24, 2.45) is 4.99 Å². The van der Waals surface area contributed by atoms with Gasteiger partial charge < -0.3 is 20.1 Å². The zero-order valence-electron chi connectivity index (χ0n) is 18.9. The Kier molecular flexibility index (Phi) is 9.67. The normalized spacial score (nSPS) is 14.6.